The number of hydrogen-bond donors (Lipinski definition) is 1. The minimum Gasteiger partial charge on any atom is -0.449 e. The number of hydrogen-bond acceptors (Lipinski definition) is 2. The molecule has 1 aliphatic heterocycles. The van der Waals surface area contributed by atoms with Crippen molar-refractivity contribution >= 4 is 6.09 Å². The van der Waals surface area contributed by atoms with Gasteiger partial charge in [-0.15, -0.1) is 0 Å². The molecule has 3 nitrogen and oxygen atoms in total. The summed E-state index contributed by atoms with van der Waals surface area (Å²) in [5.74, 6) is -0.261. The van der Waals surface area contributed by atoms with E-state index in [1.807, 2.05) is 6.92 Å². The molecule has 2 rings (SSSR count). The second kappa shape index (κ2) is 3.53. The van der Waals surface area contributed by atoms with Gasteiger partial charge in [0.25, 0.3) is 0 Å². The third-order valence-corrected chi connectivity index (χ3v) is 2.69. The summed E-state index contributed by atoms with van der Waals surface area (Å²) < 4.78 is 17.7. The maximum absolute atomic E-state index is 12.7. The predicted molar refractivity (Wildman–Crippen MR) is 53.1 cm³/mol. The highest BCUT2D eigenvalue weighted by molar-refractivity contribution is 5.68. The van der Waals surface area contributed by atoms with Crippen LogP contribution in [0.2, 0.25) is 0 Å². The summed E-state index contributed by atoms with van der Waals surface area (Å²) in [7, 11) is 0. The Bertz CT molecular complexity index is 365. The van der Waals surface area contributed by atoms with Crippen molar-refractivity contribution in [3.05, 3.63) is 35.6 Å². The van der Waals surface area contributed by atoms with E-state index in [0.29, 0.717) is 13.2 Å². The summed E-state index contributed by atoms with van der Waals surface area (Å²) in [6, 6.07) is 6.26. The third kappa shape index (κ3) is 1.93. The topological polar surface area (TPSA) is 38.3 Å². The van der Waals surface area contributed by atoms with Crippen molar-refractivity contribution in [3.63, 3.8) is 0 Å². The van der Waals surface area contributed by atoms with E-state index in [0.717, 1.165) is 5.56 Å². The van der Waals surface area contributed by atoms with E-state index < -0.39 is 6.09 Å². The maximum Gasteiger partial charge on any atom is 0.407 e. The van der Waals surface area contributed by atoms with Crippen LogP contribution in [0.3, 0.4) is 0 Å². The van der Waals surface area contributed by atoms with E-state index in [2.05, 4.69) is 5.32 Å². The molecular formula is C11H12FNO2. The van der Waals surface area contributed by atoms with Crippen LogP contribution in [-0.2, 0) is 10.2 Å². The summed E-state index contributed by atoms with van der Waals surface area (Å²) in [4.78, 5) is 10.8. The molecule has 4 heteroatoms. The number of carbonyl (C=O) groups is 1. The molecule has 1 unspecified atom stereocenters. The Balaban J connectivity index is 2.22. The number of amides is 1. The van der Waals surface area contributed by atoms with E-state index in [4.69, 9.17) is 4.74 Å². The van der Waals surface area contributed by atoms with Crippen molar-refractivity contribution in [2.75, 3.05) is 13.2 Å². The van der Waals surface area contributed by atoms with Crippen LogP contribution in [0.25, 0.3) is 0 Å². The summed E-state index contributed by atoms with van der Waals surface area (Å²) in [6.45, 7) is 2.81. The average molecular weight is 209 g/mol. The monoisotopic (exact) mass is 209 g/mol. The first-order valence-corrected chi connectivity index (χ1v) is 4.77. The molecule has 80 valence electrons. The molecule has 0 aromatic heterocycles. The van der Waals surface area contributed by atoms with Gasteiger partial charge in [0.15, 0.2) is 0 Å². The van der Waals surface area contributed by atoms with Crippen LogP contribution >= 0.6 is 0 Å². The van der Waals surface area contributed by atoms with Gasteiger partial charge in [-0.3, -0.25) is 0 Å². The molecule has 1 saturated heterocycles. The highest BCUT2D eigenvalue weighted by Crippen LogP contribution is 2.25. The molecule has 0 bridgehead atoms. The van der Waals surface area contributed by atoms with Gasteiger partial charge in [0.2, 0.25) is 0 Å². The highest BCUT2D eigenvalue weighted by Gasteiger charge is 2.32. The first-order chi connectivity index (χ1) is 7.10. The number of halogens is 1. The fourth-order valence-corrected chi connectivity index (χ4v) is 1.63. The Morgan fingerprint density at radius 1 is 1.40 bits per heavy atom. The lowest BCUT2D eigenvalue weighted by Crippen LogP contribution is -2.48. The largest absolute Gasteiger partial charge is 0.449 e. The Kier molecular flexibility index (Phi) is 2.34. The number of rotatable bonds is 1. The zero-order valence-corrected chi connectivity index (χ0v) is 8.42. The zero-order chi connectivity index (χ0) is 10.9. The van der Waals surface area contributed by atoms with Crippen molar-refractivity contribution in [1.29, 1.82) is 0 Å². The molecule has 0 aliphatic carbocycles. The second-order valence-corrected chi connectivity index (χ2v) is 4.00. The molecule has 1 atom stereocenters. The van der Waals surface area contributed by atoms with Crippen LogP contribution < -0.4 is 5.32 Å². The number of ether oxygens (including phenoxy) is 1. The molecule has 1 N–H and O–H groups in total. The van der Waals surface area contributed by atoms with E-state index in [1.165, 1.54) is 12.1 Å². The van der Waals surface area contributed by atoms with Gasteiger partial charge < -0.3 is 10.1 Å². The molecule has 1 heterocycles. The molecule has 0 radical (unpaired) electrons. The van der Waals surface area contributed by atoms with Gasteiger partial charge in [-0.2, -0.15) is 0 Å². The summed E-state index contributed by atoms with van der Waals surface area (Å²) in [5, 5.41) is 2.63. The standard InChI is InChI=1S/C11H12FNO2/c1-11(6-13-10(14)15-7-11)8-2-4-9(12)5-3-8/h2-5H,6-7H2,1H3,(H,13,14). The summed E-state index contributed by atoms with van der Waals surface area (Å²) in [5.41, 5.74) is 0.686. The second-order valence-electron chi connectivity index (χ2n) is 4.00. The van der Waals surface area contributed by atoms with Crippen LogP contribution in [0, 0.1) is 5.82 Å². The Hall–Kier alpha value is -1.58. The fraction of sp³-hybridized carbons (Fsp3) is 0.364. The van der Waals surface area contributed by atoms with Crippen LogP contribution in [0.5, 0.6) is 0 Å². The molecule has 1 amide bonds. The van der Waals surface area contributed by atoms with Gasteiger partial charge in [-0.05, 0) is 17.7 Å². The number of cyclic esters (lactones) is 1. The van der Waals surface area contributed by atoms with E-state index in [-0.39, 0.29) is 11.2 Å². The molecule has 15 heavy (non-hydrogen) atoms. The minimum atomic E-state index is -0.394. The van der Waals surface area contributed by atoms with Gasteiger partial charge in [0, 0.05) is 12.0 Å². The van der Waals surface area contributed by atoms with Gasteiger partial charge in [-0.1, -0.05) is 19.1 Å². The summed E-state index contributed by atoms with van der Waals surface area (Å²) in [6.07, 6.45) is -0.394. The molecule has 1 fully saturated rings. The smallest absolute Gasteiger partial charge is 0.407 e. The van der Waals surface area contributed by atoms with E-state index in [1.54, 1.807) is 12.1 Å². The van der Waals surface area contributed by atoms with Gasteiger partial charge in [0.1, 0.15) is 12.4 Å². The van der Waals surface area contributed by atoms with Crippen LogP contribution in [0.1, 0.15) is 12.5 Å². The van der Waals surface area contributed by atoms with Crippen molar-refractivity contribution in [3.8, 4) is 0 Å². The highest BCUT2D eigenvalue weighted by atomic mass is 19.1. The minimum absolute atomic E-state index is 0.261. The number of carbonyl (C=O) groups excluding carboxylic acids is 1. The Morgan fingerprint density at radius 2 is 2.07 bits per heavy atom. The van der Waals surface area contributed by atoms with Crippen LogP contribution in [0.15, 0.2) is 24.3 Å². The molecule has 1 aromatic rings. The maximum atomic E-state index is 12.7. The predicted octanol–water partition coefficient (Wildman–Crippen LogP) is 1.82. The Labute approximate surface area is 87.2 Å². The fourth-order valence-electron chi connectivity index (χ4n) is 1.63. The normalized spacial score (nSPS) is 25.6. The molecule has 0 spiro atoms. The van der Waals surface area contributed by atoms with Crippen molar-refractivity contribution < 1.29 is 13.9 Å². The zero-order valence-electron chi connectivity index (χ0n) is 8.42. The number of alkyl carbamates (subject to hydrolysis) is 1. The molecule has 1 aromatic carbocycles. The van der Waals surface area contributed by atoms with Gasteiger partial charge >= 0.3 is 6.09 Å². The lowest BCUT2D eigenvalue weighted by molar-refractivity contribution is 0.0929. The average Bonchev–Trinajstić information content (AvgIpc) is 2.24. The molecule has 1 aliphatic rings. The van der Waals surface area contributed by atoms with Crippen molar-refractivity contribution in [2.24, 2.45) is 0 Å². The third-order valence-electron chi connectivity index (χ3n) is 2.69. The van der Waals surface area contributed by atoms with Crippen LogP contribution in [0.4, 0.5) is 9.18 Å². The Morgan fingerprint density at radius 3 is 2.60 bits per heavy atom. The first-order valence-electron chi connectivity index (χ1n) is 4.77. The van der Waals surface area contributed by atoms with Gasteiger partial charge in [0.05, 0.1) is 0 Å². The van der Waals surface area contributed by atoms with E-state index >= 15 is 0 Å². The lowest BCUT2D eigenvalue weighted by Gasteiger charge is -2.33. The molecule has 0 saturated carbocycles. The van der Waals surface area contributed by atoms with E-state index in [9.17, 15) is 9.18 Å². The quantitative estimate of drug-likeness (QED) is 0.766. The van der Waals surface area contributed by atoms with Crippen molar-refractivity contribution in [1.82, 2.24) is 5.32 Å². The first kappa shape index (κ1) is 9.96. The number of nitrogens with one attached hydrogen (secondary N) is 1. The summed E-state index contributed by atoms with van der Waals surface area (Å²) >= 11 is 0. The SMILES string of the molecule is CC1(c2ccc(F)cc2)CNC(=O)OC1. The lowest BCUT2D eigenvalue weighted by atomic mass is 9.82. The number of benzene rings is 1. The van der Waals surface area contributed by atoms with Gasteiger partial charge in [-0.25, -0.2) is 9.18 Å². The van der Waals surface area contributed by atoms with Crippen molar-refractivity contribution in [2.45, 2.75) is 12.3 Å². The van der Waals surface area contributed by atoms with Crippen LogP contribution in [-0.4, -0.2) is 19.2 Å². The molecular weight excluding hydrogens is 197 g/mol.